The quantitative estimate of drug-likeness (QED) is 0.454. The topological polar surface area (TPSA) is 20.2 Å². The van der Waals surface area contributed by atoms with E-state index in [1.807, 2.05) is 0 Å². The lowest BCUT2D eigenvalue weighted by molar-refractivity contribution is -0.225. The number of fused-ring (bicyclic) bond motifs is 7. The van der Waals surface area contributed by atoms with E-state index in [-0.39, 0.29) is 10.8 Å². The lowest BCUT2D eigenvalue weighted by Crippen LogP contribution is -2.65. The van der Waals surface area contributed by atoms with Crippen LogP contribution in [0.1, 0.15) is 110 Å². The van der Waals surface area contributed by atoms with Crippen molar-refractivity contribution >= 4 is 5.57 Å². The summed E-state index contributed by atoms with van der Waals surface area (Å²) in [5.41, 5.74) is 6.11. The van der Waals surface area contributed by atoms with Crippen molar-refractivity contribution in [3.05, 3.63) is 41.5 Å². The van der Waals surface area contributed by atoms with Crippen LogP contribution in [0.3, 0.4) is 0 Å². The van der Waals surface area contributed by atoms with Gasteiger partial charge in [0.2, 0.25) is 0 Å². The minimum atomic E-state index is 0.214. The summed E-state index contributed by atoms with van der Waals surface area (Å²) in [6.45, 7) is 15.9. The number of allylic oxidation sites excluding steroid dienone is 2. The van der Waals surface area contributed by atoms with E-state index >= 15 is 0 Å². The minimum absolute atomic E-state index is 0.214. The van der Waals surface area contributed by atoms with E-state index in [1.165, 1.54) is 75.3 Å². The third-order valence-electron chi connectivity index (χ3n) is 13.8. The Bertz CT molecular complexity index is 1020. The Morgan fingerprint density at radius 2 is 1.51 bits per heavy atom. The first-order valence-electron chi connectivity index (χ1n) is 14.9. The van der Waals surface area contributed by atoms with Crippen molar-refractivity contribution in [1.82, 2.24) is 0 Å². The summed E-state index contributed by atoms with van der Waals surface area (Å²) < 4.78 is 0. The van der Waals surface area contributed by atoms with Crippen LogP contribution in [0.5, 0.6) is 0 Å². The van der Waals surface area contributed by atoms with Gasteiger partial charge in [0.15, 0.2) is 0 Å². The van der Waals surface area contributed by atoms with Gasteiger partial charge in [0, 0.05) is 6.61 Å². The average Bonchev–Trinajstić information content (AvgIpc) is 3.25. The van der Waals surface area contributed by atoms with Crippen LogP contribution in [0, 0.1) is 57.7 Å². The Labute approximate surface area is 215 Å². The van der Waals surface area contributed by atoms with Crippen LogP contribution in [0.4, 0.5) is 0 Å². The molecule has 1 aromatic carbocycles. The van der Waals surface area contributed by atoms with Crippen LogP contribution < -0.4 is 0 Å². The molecule has 192 valence electrons. The summed E-state index contributed by atoms with van der Waals surface area (Å²) >= 11 is 0. The molecule has 0 bridgehead atoms. The summed E-state index contributed by atoms with van der Waals surface area (Å²) in [6.07, 6.45) is 16.1. The number of benzene rings is 1. The third-order valence-corrected chi connectivity index (χ3v) is 13.8. The van der Waals surface area contributed by atoms with E-state index in [0.717, 1.165) is 23.7 Å². The van der Waals surface area contributed by atoms with Crippen LogP contribution in [0.25, 0.3) is 5.57 Å². The van der Waals surface area contributed by atoms with Gasteiger partial charge in [-0.1, -0.05) is 76.9 Å². The first-order chi connectivity index (χ1) is 16.5. The largest absolute Gasteiger partial charge is 0.396 e. The van der Waals surface area contributed by atoms with Gasteiger partial charge in [-0.05, 0) is 127 Å². The monoisotopic (exact) mass is 474 g/mol. The highest BCUT2D eigenvalue weighted by Gasteiger charge is 2.69. The standard InChI is InChI=1S/C34H50O/c1-23-9-11-24(12-10-23)25-15-18-31(4)28(30(25,2)3)16-19-33(6)29(31)14-13-26-27-8-7-17-34(27,22-35)21-20-32(26,33)5/h9-12,15,26-29,35H,7-8,13-14,16-22H2,1-6H3/t26?,27?,28?,29?,31?,32-,33?,34?/m1/s1. The maximum absolute atomic E-state index is 10.5. The van der Waals surface area contributed by atoms with Crippen molar-refractivity contribution < 1.29 is 5.11 Å². The number of hydrogen-bond donors (Lipinski definition) is 1. The molecule has 0 aliphatic heterocycles. The predicted octanol–water partition coefficient (Wildman–Crippen LogP) is 8.84. The molecule has 35 heavy (non-hydrogen) atoms. The number of aliphatic hydroxyl groups excluding tert-OH is 1. The molecule has 5 aliphatic carbocycles. The maximum Gasteiger partial charge on any atom is 0.0490 e. The van der Waals surface area contributed by atoms with Crippen molar-refractivity contribution in [2.45, 2.75) is 106 Å². The minimum Gasteiger partial charge on any atom is -0.396 e. The molecular weight excluding hydrogens is 424 g/mol. The molecule has 0 aromatic heterocycles. The molecule has 0 amide bonds. The van der Waals surface area contributed by atoms with Gasteiger partial charge < -0.3 is 5.11 Å². The van der Waals surface area contributed by atoms with E-state index in [1.54, 1.807) is 5.57 Å². The van der Waals surface area contributed by atoms with Crippen molar-refractivity contribution in [2.24, 2.45) is 50.7 Å². The lowest BCUT2D eigenvalue weighted by atomic mass is 9.33. The van der Waals surface area contributed by atoms with Gasteiger partial charge >= 0.3 is 0 Å². The van der Waals surface area contributed by atoms with Crippen LogP contribution in [0.15, 0.2) is 30.3 Å². The van der Waals surface area contributed by atoms with Crippen LogP contribution in [-0.2, 0) is 0 Å². The Morgan fingerprint density at radius 1 is 0.771 bits per heavy atom. The fraction of sp³-hybridized carbons (Fsp3) is 0.765. The molecule has 8 atom stereocenters. The summed E-state index contributed by atoms with van der Waals surface area (Å²) in [4.78, 5) is 0. The smallest absolute Gasteiger partial charge is 0.0490 e. The predicted molar refractivity (Wildman–Crippen MR) is 147 cm³/mol. The van der Waals surface area contributed by atoms with E-state index in [0.29, 0.717) is 22.9 Å². The number of aryl methyl sites for hydroxylation is 1. The Morgan fingerprint density at radius 3 is 2.23 bits per heavy atom. The van der Waals surface area contributed by atoms with Crippen LogP contribution in [-0.4, -0.2) is 11.7 Å². The lowest BCUT2D eigenvalue weighted by Gasteiger charge is -2.72. The summed E-state index contributed by atoms with van der Waals surface area (Å²) in [6, 6.07) is 9.31. The second-order valence-electron chi connectivity index (χ2n) is 15.1. The second kappa shape index (κ2) is 7.72. The van der Waals surface area contributed by atoms with E-state index in [2.05, 4.69) is 71.9 Å². The zero-order chi connectivity index (χ0) is 24.9. The summed E-state index contributed by atoms with van der Waals surface area (Å²) in [7, 11) is 0. The van der Waals surface area contributed by atoms with Crippen LogP contribution >= 0.6 is 0 Å². The fourth-order valence-electron chi connectivity index (χ4n) is 11.8. The highest BCUT2D eigenvalue weighted by Crippen LogP contribution is 2.77. The van der Waals surface area contributed by atoms with Gasteiger partial charge in [0.1, 0.15) is 0 Å². The van der Waals surface area contributed by atoms with Gasteiger partial charge in [0.25, 0.3) is 0 Å². The Kier molecular flexibility index (Phi) is 5.35. The first-order valence-corrected chi connectivity index (χ1v) is 14.9. The van der Waals surface area contributed by atoms with E-state index in [4.69, 9.17) is 0 Å². The Hall–Kier alpha value is -1.08. The molecule has 5 aliphatic rings. The van der Waals surface area contributed by atoms with Crippen molar-refractivity contribution in [2.75, 3.05) is 6.61 Å². The molecule has 4 fully saturated rings. The number of rotatable bonds is 2. The summed E-state index contributed by atoms with van der Waals surface area (Å²) in [5.74, 6) is 3.15. The molecule has 4 saturated carbocycles. The molecule has 7 unspecified atom stereocenters. The molecule has 0 radical (unpaired) electrons. The average molecular weight is 475 g/mol. The molecule has 1 N–H and O–H groups in total. The fourth-order valence-corrected chi connectivity index (χ4v) is 11.8. The van der Waals surface area contributed by atoms with Gasteiger partial charge in [-0.25, -0.2) is 0 Å². The maximum atomic E-state index is 10.5. The molecular formula is C34H50O. The SMILES string of the molecule is Cc1ccc(C2=CCC3(C)C(CCC4(C)C3CCC3C5CCCC5(CO)CC[C@]34C)C2(C)C)cc1. The molecule has 1 nitrogen and oxygen atoms in total. The molecule has 0 spiro atoms. The van der Waals surface area contributed by atoms with Crippen molar-refractivity contribution in [1.29, 1.82) is 0 Å². The Balaban J connectivity index is 1.37. The molecule has 6 rings (SSSR count). The van der Waals surface area contributed by atoms with Crippen molar-refractivity contribution in [3.63, 3.8) is 0 Å². The molecule has 1 heteroatoms. The zero-order valence-electron chi connectivity index (χ0n) is 23.4. The first kappa shape index (κ1) is 24.3. The van der Waals surface area contributed by atoms with Gasteiger partial charge in [-0.3, -0.25) is 0 Å². The van der Waals surface area contributed by atoms with E-state index < -0.39 is 0 Å². The highest BCUT2D eigenvalue weighted by atomic mass is 16.3. The van der Waals surface area contributed by atoms with Gasteiger partial charge in [-0.2, -0.15) is 0 Å². The highest BCUT2D eigenvalue weighted by molar-refractivity contribution is 5.71. The van der Waals surface area contributed by atoms with Gasteiger partial charge in [-0.15, -0.1) is 0 Å². The number of aliphatic hydroxyl groups is 1. The zero-order valence-corrected chi connectivity index (χ0v) is 23.4. The molecule has 0 heterocycles. The van der Waals surface area contributed by atoms with E-state index in [9.17, 15) is 5.11 Å². The summed E-state index contributed by atoms with van der Waals surface area (Å²) in [5, 5.41) is 10.5. The number of hydrogen-bond acceptors (Lipinski definition) is 1. The van der Waals surface area contributed by atoms with Crippen molar-refractivity contribution in [3.8, 4) is 0 Å². The second-order valence-corrected chi connectivity index (χ2v) is 15.1. The third kappa shape index (κ3) is 3.03. The molecule has 1 aromatic rings. The molecule has 0 saturated heterocycles. The van der Waals surface area contributed by atoms with Gasteiger partial charge in [0.05, 0.1) is 0 Å². The van der Waals surface area contributed by atoms with Crippen LogP contribution in [0.2, 0.25) is 0 Å². The normalized spacial score (nSPS) is 48.3.